The standard InChI is InChI=1S/C29H37ClN4O.ClH/c1-3-5-17-33-18-14-25(15-19-33)34(29(35)6-4-2)21-22-7-10-24(11-8-22)32-27-13-16-31-28-20-23(30)9-12-26(27)28;/h7-13,16,20,25H,3-6,14-15,17-19,21H2,1-2H3,(H,31,32);1H. The normalized spacial score (nSPS) is 14.4. The molecule has 2 aromatic carbocycles. The van der Waals surface area contributed by atoms with Crippen LogP contribution in [0.4, 0.5) is 11.4 Å². The molecular weight excluding hydrogens is 491 g/mol. The van der Waals surface area contributed by atoms with Crippen LogP contribution in [0, 0.1) is 0 Å². The molecular formula is C29H38Cl2N4O. The molecule has 0 unspecified atom stereocenters. The maximum atomic E-state index is 13.0. The highest BCUT2D eigenvalue weighted by atomic mass is 35.5. The van der Waals surface area contributed by atoms with Crippen molar-refractivity contribution in [3.05, 3.63) is 65.3 Å². The van der Waals surface area contributed by atoms with Gasteiger partial charge in [0.15, 0.2) is 0 Å². The molecule has 0 saturated carbocycles. The molecule has 0 atom stereocenters. The number of amides is 1. The minimum absolute atomic E-state index is 0. The number of anilines is 2. The van der Waals surface area contributed by atoms with Crippen molar-refractivity contribution >= 4 is 52.2 Å². The first-order valence-electron chi connectivity index (χ1n) is 13.0. The number of aromatic nitrogens is 1. The molecule has 0 aliphatic carbocycles. The minimum atomic E-state index is 0. The van der Waals surface area contributed by atoms with Crippen LogP contribution in [0.15, 0.2) is 54.7 Å². The van der Waals surface area contributed by atoms with Gasteiger partial charge in [-0.3, -0.25) is 9.78 Å². The Morgan fingerprint density at radius 2 is 1.83 bits per heavy atom. The fourth-order valence-corrected chi connectivity index (χ4v) is 5.06. The number of rotatable bonds is 10. The number of hydrogen-bond acceptors (Lipinski definition) is 4. The number of hydrogen-bond donors (Lipinski definition) is 1. The Hall–Kier alpha value is -2.34. The first-order chi connectivity index (χ1) is 17.1. The average molecular weight is 530 g/mol. The number of nitrogens with one attached hydrogen (secondary N) is 1. The summed E-state index contributed by atoms with van der Waals surface area (Å²) in [6.45, 7) is 8.37. The van der Waals surface area contributed by atoms with Gasteiger partial charge in [-0.2, -0.15) is 0 Å². The summed E-state index contributed by atoms with van der Waals surface area (Å²) in [5.74, 6) is 0.281. The van der Waals surface area contributed by atoms with Crippen molar-refractivity contribution in [3.8, 4) is 0 Å². The fourth-order valence-electron chi connectivity index (χ4n) is 4.89. The van der Waals surface area contributed by atoms with E-state index in [2.05, 4.69) is 58.2 Å². The number of likely N-dealkylation sites (tertiary alicyclic amines) is 1. The van der Waals surface area contributed by atoms with Gasteiger partial charge in [0, 0.05) is 60.1 Å². The fraction of sp³-hybridized carbons (Fsp3) is 0.448. The lowest BCUT2D eigenvalue weighted by molar-refractivity contribution is -0.135. The van der Waals surface area contributed by atoms with Crippen molar-refractivity contribution in [2.75, 3.05) is 25.0 Å². The number of pyridine rings is 1. The number of carbonyl (C=O) groups is 1. The maximum Gasteiger partial charge on any atom is 0.223 e. The third-order valence-electron chi connectivity index (χ3n) is 6.90. The molecule has 2 heterocycles. The minimum Gasteiger partial charge on any atom is -0.355 e. The predicted molar refractivity (Wildman–Crippen MR) is 154 cm³/mol. The van der Waals surface area contributed by atoms with E-state index in [-0.39, 0.29) is 18.3 Å². The highest BCUT2D eigenvalue weighted by molar-refractivity contribution is 6.31. The highest BCUT2D eigenvalue weighted by Gasteiger charge is 2.27. The smallest absolute Gasteiger partial charge is 0.223 e. The van der Waals surface area contributed by atoms with E-state index in [4.69, 9.17) is 11.6 Å². The Kier molecular flexibility index (Phi) is 10.8. The molecule has 0 bridgehead atoms. The predicted octanol–water partition coefficient (Wildman–Crippen LogP) is 7.45. The summed E-state index contributed by atoms with van der Waals surface area (Å²) in [6.07, 6.45) is 7.92. The summed E-state index contributed by atoms with van der Waals surface area (Å²) in [7, 11) is 0. The van der Waals surface area contributed by atoms with E-state index in [1.165, 1.54) is 24.9 Å². The Morgan fingerprint density at radius 3 is 2.53 bits per heavy atom. The summed E-state index contributed by atoms with van der Waals surface area (Å²) in [5.41, 5.74) is 4.03. The largest absolute Gasteiger partial charge is 0.355 e. The zero-order chi connectivity index (χ0) is 24.6. The van der Waals surface area contributed by atoms with Gasteiger partial charge in [0.05, 0.1) is 5.52 Å². The summed E-state index contributed by atoms with van der Waals surface area (Å²) >= 11 is 6.12. The Balaban J connectivity index is 0.00000361. The quantitative estimate of drug-likeness (QED) is 0.296. The molecule has 1 amide bonds. The Labute approximate surface area is 226 Å². The van der Waals surface area contributed by atoms with Gasteiger partial charge >= 0.3 is 0 Å². The van der Waals surface area contributed by atoms with E-state index >= 15 is 0 Å². The van der Waals surface area contributed by atoms with Crippen LogP contribution < -0.4 is 5.32 Å². The van der Waals surface area contributed by atoms with Crippen molar-refractivity contribution in [1.29, 1.82) is 0 Å². The van der Waals surface area contributed by atoms with Crippen LogP contribution in [0.2, 0.25) is 5.02 Å². The third-order valence-corrected chi connectivity index (χ3v) is 7.14. The third kappa shape index (κ3) is 7.34. The number of nitrogens with zero attached hydrogens (tertiary/aromatic N) is 3. The molecule has 1 N–H and O–H groups in total. The second kappa shape index (κ2) is 13.8. The molecule has 1 aliphatic heterocycles. The van der Waals surface area contributed by atoms with Crippen LogP contribution in [0.1, 0.15) is 57.9 Å². The zero-order valence-electron chi connectivity index (χ0n) is 21.4. The second-order valence-corrected chi connectivity index (χ2v) is 9.98. The molecule has 5 nitrogen and oxygen atoms in total. The van der Waals surface area contributed by atoms with Crippen LogP contribution in [-0.2, 0) is 11.3 Å². The van der Waals surface area contributed by atoms with Gasteiger partial charge in [-0.05, 0) is 74.2 Å². The molecule has 1 saturated heterocycles. The van der Waals surface area contributed by atoms with Crippen LogP contribution in [0.25, 0.3) is 10.9 Å². The van der Waals surface area contributed by atoms with Gasteiger partial charge < -0.3 is 15.1 Å². The van der Waals surface area contributed by atoms with Gasteiger partial charge in [0.25, 0.3) is 0 Å². The van der Waals surface area contributed by atoms with Gasteiger partial charge in [0.1, 0.15) is 0 Å². The van der Waals surface area contributed by atoms with E-state index in [1.807, 2.05) is 24.3 Å². The van der Waals surface area contributed by atoms with Gasteiger partial charge in [-0.15, -0.1) is 12.4 Å². The Morgan fingerprint density at radius 1 is 1.08 bits per heavy atom. The summed E-state index contributed by atoms with van der Waals surface area (Å²) in [5, 5.41) is 5.22. The van der Waals surface area contributed by atoms with Crippen LogP contribution >= 0.6 is 24.0 Å². The van der Waals surface area contributed by atoms with Crippen molar-refractivity contribution < 1.29 is 4.79 Å². The molecule has 1 fully saturated rings. The van der Waals surface area contributed by atoms with Crippen molar-refractivity contribution in [3.63, 3.8) is 0 Å². The van der Waals surface area contributed by atoms with Crippen LogP contribution in [-0.4, -0.2) is 46.4 Å². The van der Waals surface area contributed by atoms with Crippen molar-refractivity contribution in [2.24, 2.45) is 0 Å². The molecule has 36 heavy (non-hydrogen) atoms. The number of fused-ring (bicyclic) bond motifs is 1. The van der Waals surface area contributed by atoms with E-state index in [0.29, 0.717) is 24.0 Å². The lowest BCUT2D eigenvalue weighted by atomic mass is 10.0. The number of piperidine rings is 1. The Bertz CT molecular complexity index is 1110. The zero-order valence-corrected chi connectivity index (χ0v) is 23.0. The number of benzene rings is 2. The topological polar surface area (TPSA) is 48.5 Å². The molecule has 0 spiro atoms. The molecule has 0 radical (unpaired) electrons. The lowest BCUT2D eigenvalue weighted by Crippen LogP contribution is -2.47. The first kappa shape index (κ1) is 28.2. The lowest BCUT2D eigenvalue weighted by Gasteiger charge is -2.39. The molecule has 1 aromatic heterocycles. The van der Waals surface area contributed by atoms with E-state index in [1.54, 1.807) is 6.20 Å². The summed E-state index contributed by atoms with van der Waals surface area (Å²) in [4.78, 5) is 22.2. The maximum absolute atomic E-state index is 13.0. The number of unbranched alkanes of at least 4 members (excludes halogenated alkanes) is 1. The molecule has 194 valence electrons. The van der Waals surface area contributed by atoms with Crippen molar-refractivity contribution in [2.45, 2.75) is 65.0 Å². The number of halogens is 2. The van der Waals surface area contributed by atoms with Gasteiger partial charge in [0.2, 0.25) is 5.91 Å². The molecule has 3 aromatic rings. The monoisotopic (exact) mass is 528 g/mol. The summed E-state index contributed by atoms with van der Waals surface area (Å²) in [6, 6.07) is 16.5. The van der Waals surface area contributed by atoms with E-state index in [9.17, 15) is 4.79 Å². The van der Waals surface area contributed by atoms with E-state index < -0.39 is 0 Å². The highest BCUT2D eigenvalue weighted by Crippen LogP contribution is 2.28. The first-order valence-corrected chi connectivity index (χ1v) is 13.4. The molecule has 4 rings (SSSR count). The van der Waals surface area contributed by atoms with Gasteiger partial charge in [-0.1, -0.05) is 44.0 Å². The number of carbonyl (C=O) groups excluding carboxylic acids is 1. The van der Waals surface area contributed by atoms with Crippen LogP contribution in [0.5, 0.6) is 0 Å². The molecule has 1 aliphatic rings. The van der Waals surface area contributed by atoms with Crippen LogP contribution in [0.3, 0.4) is 0 Å². The summed E-state index contributed by atoms with van der Waals surface area (Å²) < 4.78 is 0. The van der Waals surface area contributed by atoms with Crippen molar-refractivity contribution in [1.82, 2.24) is 14.8 Å². The molecule has 7 heteroatoms. The van der Waals surface area contributed by atoms with E-state index in [0.717, 1.165) is 54.6 Å². The second-order valence-electron chi connectivity index (χ2n) is 9.54. The average Bonchev–Trinajstić information content (AvgIpc) is 2.87. The van der Waals surface area contributed by atoms with Gasteiger partial charge in [-0.25, -0.2) is 0 Å². The SMILES string of the molecule is CCCCN1CCC(N(Cc2ccc(Nc3ccnc4cc(Cl)ccc34)cc2)C(=O)CCC)CC1.Cl.